The highest BCUT2D eigenvalue weighted by Gasteiger charge is 2.10. The van der Waals surface area contributed by atoms with Crippen LogP contribution in [0.15, 0.2) is 12.4 Å². The third-order valence-electron chi connectivity index (χ3n) is 1.55. The molecule has 0 radical (unpaired) electrons. The van der Waals surface area contributed by atoms with E-state index in [4.69, 9.17) is 16.3 Å². The van der Waals surface area contributed by atoms with Crippen LogP contribution >= 0.6 is 11.6 Å². The van der Waals surface area contributed by atoms with E-state index >= 15 is 0 Å². The number of nitrogens with zero attached hydrogens (tertiary/aromatic N) is 4. The molecule has 0 fully saturated rings. The van der Waals surface area contributed by atoms with Crippen molar-refractivity contribution >= 4 is 17.4 Å². The highest BCUT2D eigenvalue weighted by Crippen LogP contribution is 2.16. The van der Waals surface area contributed by atoms with Gasteiger partial charge in [0, 0.05) is 6.07 Å². The quantitative estimate of drug-likeness (QED) is 0.754. The number of aromatic nitrogens is 4. The van der Waals surface area contributed by atoms with Crippen LogP contribution in [0.2, 0.25) is 5.15 Å². The molecule has 0 saturated carbocycles. The Bertz CT molecular complexity index is 475. The van der Waals surface area contributed by atoms with Crippen LogP contribution < -0.4 is 4.74 Å². The van der Waals surface area contributed by atoms with E-state index in [1.54, 1.807) is 0 Å². The van der Waals surface area contributed by atoms with Crippen molar-refractivity contribution in [3.63, 3.8) is 0 Å². The second-order valence-electron chi connectivity index (χ2n) is 2.59. The molecule has 0 aromatic carbocycles. The second-order valence-corrected chi connectivity index (χ2v) is 2.98. The maximum Gasteiger partial charge on any atom is 0.272 e. The second kappa shape index (κ2) is 3.93. The SMILES string of the molecule is FC(F)COc1cc(Cl)nc2ncnn12. The largest absolute Gasteiger partial charge is 0.471 e. The monoisotopic (exact) mass is 234 g/mol. The third-order valence-corrected chi connectivity index (χ3v) is 1.74. The first-order valence-electron chi connectivity index (χ1n) is 3.94. The van der Waals surface area contributed by atoms with Crippen LogP contribution in [0.5, 0.6) is 5.88 Å². The molecular formula is C7H5ClF2N4O. The molecule has 0 aliphatic heterocycles. The Morgan fingerprint density at radius 2 is 2.33 bits per heavy atom. The molecule has 0 amide bonds. The van der Waals surface area contributed by atoms with Crippen molar-refractivity contribution in [2.75, 3.05) is 6.61 Å². The molecule has 15 heavy (non-hydrogen) atoms. The molecule has 2 rings (SSSR count). The van der Waals surface area contributed by atoms with Crippen molar-refractivity contribution in [3.8, 4) is 5.88 Å². The number of hydrogen-bond acceptors (Lipinski definition) is 4. The zero-order chi connectivity index (χ0) is 10.8. The minimum Gasteiger partial charge on any atom is -0.471 e. The van der Waals surface area contributed by atoms with E-state index in [2.05, 4.69) is 15.1 Å². The minimum atomic E-state index is -2.56. The average molecular weight is 235 g/mol. The van der Waals surface area contributed by atoms with Crippen LogP contribution in [0.25, 0.3) is 5.78 Å². The molecule has 2 aromatic heterocycles. The van der Waals surface area contributed by atoms with Gasteiger partial charge in [0.1, 0.15) is 11.5 Å². The van der Waals surface area contributed by atoms with Gasteiger partial charge in [0.2, 0.25) is 5.88 Å². The fraction of sp³-hybridized carbons (Fsp3) is 0.286. The first-order chi connectivity index (χ1) is 7.16. The highest BCUT2D eigenvalue weighted by atomic mass is 35.5. The summed E-state index contributed by atoms with van der Waals surface area (Å²) in [5, 5.41) is 3.86. The molecule has 0 spiro atoms. The van der Waals surface area contributed by atoms with Gasteiger partial charge in [-0.15, -0.1) is 0 Å². The first kappa shape index (κ1) is 10.0. The summed E-state index contributed by atoms with van der Waals surface area (Å²) >= 11 is 5.64. The van der Waals surface area contributed by atoms with E-state index in [1.165, 1.54) is 16.9 Å². The van der Waals surface area contributed by atoms with Crippen molar-refractivity contribution in [3.05, 3.63) is 17.5 Å². The Kier molecular flexibility index (Phi) is 2.63. The van der Waals surface area contributed by atoms with Gasteiger partial charge < -0.3 is 4.74 Å². The molecule has 2 heterocycles. The number of rotatable bonds is 3. The summed E-state index contributed by atoms with van der Waals surface area (Å²) in [6, 6.07) is 1.30. The average Bonchev–Trinajstić information content (AvgIpc) is 2.61. The summed E-state index contributed by atoms with van der Waals surface area (Å²) in [4.78, 5) is 7.57. The lowest BCUT2D eigenvalue weighted by Crippen LogP contribution is -2.10. The fourth-order valence-corrected chi connectivity index (χ4v) is 1.18. The Labute approximate surface area is 87.7 Å². The van der Waals surface area contributed by atoms with Crippen molar-refractivity contribution in [2.24, 2.45) is 0 Å². The predicted octanol–water partition coefficient (Wildman–Crippen LogP) is 1.42. The fourth-order valence-electron chi connectivity index (χ4n) is 1.01. The Balaban J connectivity index is 2.35. The van der Waals surface area contributed by atoms with E-state index in [9.17, 15) is 8.78 Å². The van der Waals surface area contributed by atoms with Crippen molar-refractivity contribution < 1.29 is 13.5 Å². The van der Waals surface area contributed by atoms with Crippen LogP contribution in [0.3, 0.4) is 0 Å². The lowest BCUT2D eigenvalue weighted by atomic mass is 10.6. The van der Waals surface area contributed by atoms with E-state index in [0.717, 1.165) is 0 Å². The summed E-state index contributed by atoms with van der Waals surface area (Å²) in [6.07, 6.45) is -1.33. The van der Waals surface area contributed by atoms with Crippen molar-refractivity contribution in [2.45, 2.75) is 6.43 Å². The van der Waals surface area contributed by atoms with Crippen molar-refractivity contribution in [1.29, 1.82) is 0 Å². The number of fused-ring (bicyclic) bond motifs is 1. The summed E-state index contributed by atoms with van der Waals surface area (Å²) in [5.41, 5.74) is 0. The van der Waals surface area contributed by atoms with Crippen LogP contribution in [0.4, 0.5) is 8.78 Å². The molecule has 0 saturated heterocycles. The molecule has 5 nitrogen and oxygen atoms in total. The van der Waals surface area contributed by atoms with Gasteiger partial charge in [0.05, 0.1) is 0 Å². The molecule has 0 atom stereocenters. The Morgan fingerprint density at radius 1 is 1.53 bits per heavy atom. The van der Waals surface area contributed by atoms with E-state index < -0.39 is 13.0 Å². The van der Waals surface area contributed by atoms with Gasteiger partial charge in [-0.05, 0) is 0 Å². The van der Waals surface area contributed by atoms with Gasteiger partial charge in [-0.2, -0.15) is 19.6 Å². The standard InChI is InChI=1S/C7H5ClF2N4O/c8-4-1-6(15-2-5(9)10)14-7(13-4)11-3-12-14/h1,3,5H,2H2. The summed E-state index contributed by atoms with van der Waals surface area (Å²) in [6.45, 7) is -0.727. The zero-order valence-corrected chi connectivity index (χ0v) is 8.03. The number of alkyl halides is 2. The van der Waals surface area contributed by atoms with Crippen LogP contribution in [0, 0.1) is 0 Å². The molecule has 80 valence electrons. The van der Waals surface area contributed by atoms with Gasteiger partial charge in [0.15, 0.2) is 6.61 Å². The highest BCUT2D eigenvalue weighted by molar-refractivity contribution is 6.29. The van der Waals surface area contributed by atoms with Crippen LogP contribution in [-0.2, 0) is 0 Å². The lowest BCUT2D eigenvalue weighted by molar-refractivity contribution is 0.0783. The number of halogens is 3. The molecular weight excluding hydrogens is 230 g/mol. The molecule has 0 N–H and O–H groups in total. The Hall–Kier alpha value is -1.50. The van der Waals surface area contributed by atoms with Crippen LogP contribution in [-0.4, -0.2) is 32.6 Å². The normalized spacial score (nSPS) is 11.2. The van der Waals surface area contributed by atoms with Gasteiger partial charge in [-0.1, -0.05) is 11.6 Å². The zero-order valence-electron chi connectivity index (χ0n) is 7.27. The summed E-state index contributed by atoms with van der Waals surface area (Å²) in [7, 11) is 0. The molecule has 0 aliphatic rings. The molecule has 2 aromatic rings. The van der Waals surface area contributed by atoms with E-state index in [0.29, 0.717) is 0 Å². The third kappa shape index (κ3) is 2.12. The Morgan fingerprint density at radius 3 is 3.07 bits per heavy atom. The predicted molar refractivity (Wildman–Crippen MR) is 47.3 cm³/mol. The molecule has 0 aliphatic carbocycles. The molecule has 0 unspecified atom stereocenters. The van der Waals surface area contributed by atoms with Gasteiger partial charge in [0.25, 0.3) is 12.2 Å². The van der Waals surface area contributed by atoms with E-state index in [1.807, 2.05) is 0 Å². The summed E-state index contributed by atoms with van der Waals surface area (Å²) in [5.74, 6) is 0.287. The topological polar surface area (TPSA) is 52.3 Å². The first-order valence-corrected chi connectivity index (χ1v) is 4.32. The molecule has 8 heteroatoms. The minimum absolute atomic E-state index is 0.0859. The number of ether oxygens (including phenoxy) is 1. The molecule has 0 bridgehead atoms. The lowest BCUT2D eigenvalue weighted by Gasteiger charge is -2.06. The van der Waals surface area contributed by atoms with Gasteiger partial charge in [-0.25, -0.2) is 8.78 Å². The van der Waals surface area contributed by atoms with E-state index in [-0.39, 0.29) is 16.8 Å². The maximum atomic E-state index is 11.9. The maximum absolute atomic E-state index is 11.9. The van der Waals surface area contributed by atoms with Crippen LogP contribution in [0.1, 0.15) is 0 Å². The van der Waals surface area contributed by atoms with Gasteiger partial charge >= 0.3 is 0 Å². The number of hydrogen-bond donors (Lipinski definition) is 0. The smallest absolute Gasteiger partial charge is 0.272 e. The van der Waals surface area contributed by atoms with Gasteiger partial charge in [-0.3, -0.25) is 0 Å². The summed E-state index contributed by atoms with van der Waals surface area (Å²) < 4.78 is 29.9. The van der Waals surface area contributed by atoms with Crippen molar-refractivity contribution in [1.82, 2.24) is 19.6 Å².